The molecule has 1 aromatic heterocycles. The quantitative estimate of drug-likeness (QED) is 0.695. The second kappa shape index (κ2) is 3.94. The van der Waals surface area contributed by atoms with Crippen LogP contribution in [0.5, 0.6) is 0 Å². The van der Waals surface area contributed by atoms with Crippen molar-refractivity contribution < 1.29 is 4.42 Å². The van der Waals surface area contributed by atoms with Gasteiger partial charge in [-0.2, -0.15) is 0 Å². The van der Waals surface area contributed by atoms with Crippen LogP contribution in [-0.2, 0) is 19.3 Å². The van der Waals surface area contributed by atoms with Gasteiger partial charge in [-0.15, -0.1) is 0 Å². The summed E-state index contributed by atoms with van der Waals surface area (Å²) in [4.78, 5) is 0. The number of hydrogen-bond acceptors (Lipinski definition) is 3. The Hall–Kier alpha value is -0.800. The van der Waals surface area contributed by atoms with E-state index in [1.807, 2.05) is 0 Å². The normalized spacial score (nSPS) is 16.7. The zero-order valence-corrected chi connectivity index (χ0v) is 7.81. The van der Waals surface area contributed by atoms with Crippen molar-refractivity contribution in [3.8, 4) is 0 Å². The van der Waals surface area contributed by atoms with Crippen LogP contribution in [0.15, 0.2) is 10.5 Å². The molecule has 2 rings (SSSR count). The van der Waals surface area contributed by atoms with Gasteiger partial charge in [-0.3, -0.25) is 0 Å². The van der Waals surface area contributed by atoms with Crippen LogP contribution >= 0.6 is 0 Å². The fraction of sp³-hybridized carbons (Fsp3) is 0.600. The standard InChI is InChI=1S/C10H16N2O/c11-4-1-9-7-8-2-5-12-6-3-10(8)13-9/h7,12H,1-6,11H2. The minimum atomic E-state index is 0.671. The number of nitrogens with two attached hydrogens (primary N) is 1. The molecule has 3 nitrogen and oxygen atoms in total. The molecule has 0 amide bonds. The molecule has 0 spiro atoms. The van der Waals surface area contributed by atoms with E-state index in [-0.39, 0.29) is 0 Å². The summed E-state index contributed by atoms with van der Waals surface area (Å²) in [5, 5.41) is 3.35. The molecule has 0 fully saturated rings. The van der Waals surface area contributed by atoms with E-state index < -0.39 is 0 Å². The van der Waals surface area contributed by atoms with Crippen LogP contribution in [0.4, 0.5) is 0 Å². The first-order valence-corrected chi connectivity index (χ1v) is 4.91. The van der Waals surface area contributed by atoms with Crippen LogP contribution in [0, 0.1) is 0 Å². The second-order valence-corrected chi connectivity index (χ2v) is 3.45. The van der Waals surface area contributed by atoms with Crippen molar-refractivity contribution in [2.75, 3.05) is 19.6 Å². The molecule has 0 aliphatic carbocycles. The summed E-state index contributed by atoms with van der Waals surface area (Å²) in [6, 6.07) is 2.16. The first kappa shape index (κ1) is 8.78. The van der Waals surface area contributed by atoms with Crippen LogP contribution in [-0.4, -0.2) is 19.6 Å². The molecular weight excluding hydrogens is 164 g/mol. The summed E-state index contributed by atoms with van der Waals surface area (Å²) < 4.78 is 5.71. The minimum Gasteiger partial charge on any atom is -0.466 e. The van der Waals surface area contributed by atoms with Crippen molar-refractivity contribution in [3.63, 3.8) is 0 Å². The van der Waals surface area contributed by atoms with Gasteiger partial charge in [0, 0.05) is 19.4 Å². The first-order valence-electron chi connectivity index (χ1n) is 4.91. The molecule has 0 radical (unpaired) electrons. The van der Waals surface area contributed by atoms with Gasteiger partial charge in [0.1, 0.15) is 11.5 Å². The van der Waals surface area contributed by atoms with E-state index in [0.29, 0.717) is 6.54 Å². The molecule has 0 unspecified atom stereocenters. The summed E-state index contributed by atoms with van der Waals surface area (Å²) >= 11 is 0. The van der Waals surface area contributed by atoms with E-state index in [1.54, 1.807) is 0 Å². The highest BCUT2D eigenvalue weighted by Crippen LogP contribution is 2.18. The molecule has 2 heterocycles. The van der Waals surface area contributed by atoms with Gasteiger partial charge in [-0.1, -0.05) is 0 Å². The zero-order valence-electron chi connectivity index (χ0n) is 7.81. The topological polar surface area (TPSA) is 51.2 Å². The van der Waals surface area contributed by atoms with E-state index in [4.69, 9.17) is 10.2 Å². The second-order valence-electron chi connectivity index (χ2n) is 3.45. The Morgan fingerprint density at radius 1 is 1.38 bits per heavy atom. The van der Waals surface area contributed by atoms with Gasteiger partial charge in [0.2, 0.25) is 0 Å². The fourth-order valence-electron chi connectivity index (χ4n) is 1.77. The van der Waals surface area contributed by atoms with Crippen molar-refractivity contribution >= 4 is 0 Å². The SMILES string of the molecule is NCCc1cc2c(o1)CCNCC2. The lowest BCUT2D eigenvalue weighted by atomic mass is 10.1. The summed E-state index contributed by atoms with van der Waals surface area (Å²) in [5.41, 5.74) is 6.85. The molecule has 72 valence electrons. The Labute approximate surface area is 78.3 Å². The molecule has 3 heteroatoms. The third kappa shape index (κ3) is 1.92. The Balaban J connectivity index is 2.17. The van der Waals surface area contributed by atoms with E-state index in [9.17, 15) is 0 Å². The molecule has 0 atom stereocenters. The third-order valence-electron chi connectivity index (χ3n) is 2.44. The van der Waals surface area contributed by atoms with Gasteiger partial charge in [-0.05, 0) is 31.1 Å². The predicted octanol–water partition coefficient (Wildman–Crippen LogP) is 0.469. The van der Waals surface area contributed by atoms with Gasteiger partial charge in [0.05, 0.1) is 0 Å². The highest BCUT2D eigenvalue weighted by Gasteiger charge is 2.12. The Morgan fingerprint density at radius 3 is 3.08 bits per heavy atom. The minimum absolute atomic E-state index is 0.671. The molecule has 0 bridgehead atoms. The maximum Gasteiger partial charge on any atom is 0.108 e. The summed E-state index contributed by atoms with van der Waals surface area (Å²) in [5.74, 6) is 2.21. The molecule has 3 N–H and O–H groups in total. The van der Waals surface area contributed by atoms with Crippen molar-refractivity contribution in [3.05, 3.63) is 23.2 Å². The Bertz CT molecular complexity index is 257. The maximum atomic E-state index is 5.71. The number of nitrogens with one attached hydrogen (secondary N) is 1. The molecule has 0 saturated carbocycles. The fourth-order valence-corrected chi connectivity index (χ4v) is 1.77. The van der Waals surface area contributed by atoms with Crippen LogP contribution < -0.4 is 11.1 Å². The predicted molar refractivity (Wildman–Crippen MR) is 51.7 cm³/mol. The number of fused-ring (bicyclic) bond motifs is 1. The Morgan fingerprint density at radius 2 is 2.23 bits per heavy atom. The molecule has 1 aliphatic rings. The third-order valence-corrected chi connectivity index (χ3v) is 2.44. The lowest BCUT2D eigenvalue weighted by Gasteiger charge is -1.95. The number of hydrogen-bond donors (Lipinski definition) is 2. The number of furan rings is 1. The van der Waals surface area contributed by atoms with E-state index >= 15 is 0 Å². The van der Waals surface area contributed by atoms with Crippen molar-refractivity contribution in [1.82, 2.24) is 5.32 Å². The lowest BCUT2D eigenvalue weighted by molar-refractivity contribution is 0.463. The van der Waals surface area contributed by atoms with Crippen LogP contribution in [0.3, 0.4) is 0 Å². The molecule has 1 aliphatic heterocycles. The Kier molecular flexibility index (Phi) is 2.66. The van der Waals surface area contributed by atoms with Gasteiger partial charge < -0.3 is 15.5 Å². The molecule has 13 heavy (non-hydrogen) atoms. The van der Waals surface area contributed by atoms with E-state index in [1.165, 1.54) is 5.56 Å². The van der Waals surface area contributed by atoms with Gasteiger partial charge in [-0.25, -0.2) is 0 Å². The number of rotatable bonds is 2. The highest BCUT2D eigenvalue weighted by molar-refractivity contribution is 5.23. The average Bonchev–Trinajstić information content (AvgIpc) is 2.37. The van der Waals surface area contributed by atoms with Gasteiger partial charge >= 0.3 is 0 Å². The van der Waals surface area contributed by atoms with Crippen LogP contribution in [0.2, 0.25) is 0 Å². The van der Waals surface area contributed by atoms with E-state index in [2.05, 4.69) is 11.4 Å². The molecule has 1 aromatic rings. The highest BCUT2D eigenvalue weighted by atomic mass is 16.3. The van der Waals surface area contributed by atoms with Crippen molar-refractivity contribution in [1.29, 1.82) is 0 Å². The largest absolute Gasteiger partial charge is 0.466 e. The van der Waals surface area contributed by atoms with Crippen molar-refractivity contribution in [2.24, 2.45) is 5.73 Å². The summed E-state index contributed by atoms with van der Waals surface area (Å²) in [6.07, 6.45) is 2.96. The van der Waals surface area contributed by atoms with Crippen LogP contribution in [0.25, 0.3) is 0 Å². The van der Waals surface area contributed by atoms with Crippen molar-refractivity contribution in [2.45, 2.75) is 19.3 Å². The van der Waals surface area contributed by atoms with E-state index in [0.717, 1.165) is 43.9 Å². The summed E-state index contributed by atoms with van der Waals surface area (Å²) in [6.45, 7) is 2.77. The summed E-state index contributed by atoms with van der Waals surface area (Å²) in [7, 11) is 0. The molecule has 0 aromatic carbocycles. The van der Waals surface area contributed by atoms with Crippen LogP contribution in [0.1, 0.15) is 17.1 Å². The van der Waals surface area contributed by atoms with Gasteiger partial charge in [0.25, 0.3) is 0 Å². The average molecular weight is 180 g/mol. The van der Waals surface area contributed by atoms with Gasteiger partial charge in [0.15, 0.2) is 0 Å². The molecular formula is C10H16N2O. The molecule has 0 saturated heterocycles. The smallest absolute Gasteiger partial charge is 0.108 e. The zero-order chi connectivity index (χ0) is 9.10. The maximum absolute atomic E-state index is 5.71. The lowest BCUT2D eigenvalue weighted by Crippen LogP contribution is -2.16. The monoisotopic (exact) mass is 180 g/mol. The first-order chi connectivity index (χ1) is 6.40.